The van der Waals surface area contributed by atoms with Crippen molar-refractivity contribution < 1.29 is 0 Å². The molecule has 0 aromatic rings. The summed E-state index contributed by atoms with van der Waals surface area (Å²) in [5, 5.41) is 3.45. The molecule has 2 fully saturated rings. The first kappa shape index (κ1) is 11.4. The van der Waals surface area contributed by atoms with E-state index in [0.29, 0.717) is 0 Å². The minimum atomic E-state index is 0.915. The van der Waals surface area contributed by atoms with Gasteiger partial charge in [-0.2, -0.15) is 0 Å². The number of hydrogen-bond donors (Lipinski definition) is 1. The van der Waals surface area contributed by atoms with E-state index in [4.69, 9.17) is 0 Å². The fraction of sp³-hybridized carbons (Fsp3) is 1.00. The van der Waals surface area contributed by atoms with Crippen molar-refractivity contribution in [2.24, 2.45) is 11.8 Å². The Morgan fingerprint density at radius 3 is 2.60 bits per heavy atom. The summed E-state index contributed by atoms with van der Waals surface area (Å²) in [6.45, 7) is 5.11. The maximum atomic E-state index is 3.45. The van der Waals surface area contributed by atoms with Crippen LogP contribution in [-0.4, -0.2) is 38.1 Å². The second-order valence-corrected chi connectivity index (χ2v) is 5.56. The molecule has 1 aliphatic carbocycles. The number of nitrogens with one attached hydrogen (secondary N) is 1. The average Bonchev–Trinajstić information content (AvgIpc) is 2.86. The van der Waals surface area contributed by atoms with E-state index >= 15 is 0 Å². The molecule has 2 rings (SSSR count). The molecule has 2 nitrogen and oxygen atoms in total. The van der Waals surface area contributed by atoms with E-state index in [1.165, 1.54) is 64.7 Å². The van der Waals surface area contributed by atoms with Crippen molar-refractivity contribution in [2.45, 2.75) is 38.5 Å². The monoisotopic (exact) mass is 210 g/mol. The Balaban J connectivity index is 1.57. The van der Waals surface area contributed by atoms with Crippen molar-refractivity contribution in [3.8, 4) is 0 Å². The van der Waals surface area contributed by atoms with Gasteiger partial charge in [-0.1, -0.05) is 25.7 Å². The van der Waals surface area contributed by atoms with Crippen molar-refractivity contribution >= 4 is 0 Å². The summed E-state index contributed by atoms with van der Waals surface area (Å²) in [5.41, 5.74) is 0. The molecule has 2 heteroatoms. The van der Waals surface area contributed by atoms with Crippen LogP contribution < -0.4 is 5.32 Å². The molecule has 1 saturated carbocycles. The van der Waals surface area contributed by atoms with Crippen molar-refractivity contribution in [3.63, 3.8) is 0 Å². The van der Waals surface area contributed by atoms with Crippen LogP contribution in [-0.2, 0) is 0 Å². The van der Waals surface area contributed by atoms with E-state index in [0.717, 1.165) is 11.8 Å². The summed E-state index contributed by atoms with van der Waals surface area (Å²) >= 11 is 0. The second-order valence-electron chi connectivity index (χ2n) is 5.56. The average molecular weight is 210 g/mol. The predicted octanol–water partition coefficient (Wildman–Crippen LogP) is 2.11. The lowest BCUT2D eigenvalue weighted by Crippen LogP contribution is -2.28. The maximum Gasteiger partial charge on any atom is 0.00192 e. The maximum absolute atomic E-state index is 3.45. The van der Waals surface area contributed by atoms with Crippen LogP contribution in [0.5, 0.6) is 0 Å². The lowest BCUT2D eigenvalue weighted by Gasteiger charge is -2.21. The standard InChI is InChI=1S/C13H26N2/c1-15(11-13-6-8-14-10-13)9-7-12-4-2-3-5-12/h12-14H,2-11H2,1H3. The lowest BCUT2D eigenvalue weighted by molar-refractivity contribution is 0.263. The summed E-state index contributed by atoms with van der Waals surface area (Å²) in [6.07, 6.45) is 8.80. The number of nitrogens with zero attached hydrogens (tertiary/aromatic N) is 1. The molecule has 1 heterocycles. The molecule has 0 aromatic carbocycles. The van der Waals surface area contributed by atoms with Crippen LogP contribution in [0, 0.1) is 11.8 Å². The number of hydrogen-bond acceptors (Lipinski definition) is 2. The van der Waals surface area contributed by atoms with Gasteiger partial charge in [0.2, 0.25) is 0 Å². The van der Waals surface area contributed by atoms with Gasteiger partial charge in [0.25, 0.3) is 0 Å². The van der Waals surface area contributed by atoms with E-state index in [2.05, 4.69) is 17.3 Å². The summed E-state index contributed by atoms with van der Waals surface area (Å²) in [5.74, 6) is 1.97. The molecule has 0 bridgehead atoms. The Hall–Kier alpha value is -0.0800. The minimum absolute atomic E-state index is 0.915. The zero-order chi connectivity index (χ0) is 10.5. The van der Waals surface area contributed by atoms with E-state index in [1.54, 1.807) is 0 Å². The van der Waals surface area contributed by atoms with Gasteiger partial charge in [0.1, 0.15) is 0 Å². The van der Waals surface area contributed by atoms with Gasteiger partial charge in [0, 0.05) is 6.54 Å². The van der Waals surface area contributed by atoms with Gasteiger partial charge in [0.15, 0.2) is 0 Å². The van der Waals surface area contributed by atoms with Gasteiger partial charge < -0.3 is 10.2 Å². The van der Waals surface area contributed by atoms with Crippen LogP contribution in [0.25, 0.3) is 0 Å². The Morgan fingerprint density at radius 2 is 1.93 bits per heavy atom. The van der Waals surface area contributed by atoms with Crippen molar-refractivity contribution in [1.82, 2.24) is 10.2 Å². The topological polar surface area (TPSA) is 15.3 Å². The molecule has 0 spiro atoms. The van der Waals surface area contributed by atoms with Crippen molar-refractivity contribution in [3.05, 3.63) is 0 Å². The van der Waals surface area contributed by atoms with E-state index < -0.39 is 0 Å². The molecule has 1 N–H and O–H groups in total. The molecule has 15 heavy (non-hydrogen) atoms. The molecule has 1 saturated heterocycles. The first-order valence-corrected chi connectivity index (χ1v) is 6.74. The Labute approximate surface area is 94.4 Å². The zero-order valence-corrected chi connectivity index (χ0v) is 10.2. The molecular weight excluding hydrogens is 184 g/mol. The molecule has 0 radical (unpaired) electrons. The molecule has 0 amide bonds. The van der Waals surface area contributed by atoms with E-state index in [-0.39, 0.29) is 0 Å². The summed E-state index contributed by atoms with van der Waals surface area (Å²) < 4.78 is 0. The molecule has 2 aliphatic rings. The molecule has 1 aliphatic heterocycles. The highest BCUT2D eigenvalue weighted by Crippen LogP contribution is 2.27. The van der Waals surface area contributed by atoms with Gasteiger partial charge in [-0.15, -0.1) is 0 Å². The van der Waals surface area contributed by atoms with E-state index in [1.807, 2.05) is 0 Å². The van der Waals surface area contributed by atoms with Crippen LogP contribution in [0.1, 0.15) is 38.5 Å². The van der Waals surface area contributed by atoms with Gasteiger partial charge in [-0.3, -0.25) is 0 Å². The highest BCUT2D eigenvalue weighted by Gasteiger charge is 2.18. The third-order valence-electron chi connectivity index (χ3n) is 4.13. The SMILES string of the molecule is CN(CCC1CCCC1)CC1CCNC1. The van der Waals surface area contributed by atoms with Crippen LogP contribution in [0.3, 0.4) is 0 Å². The normalized spacial score (nSPS) is 28.0. The molecule has 1 atom stereocenters. The Kier molecular flexibility index (Phi) is 4.45. The van der Waals surface area contributed by atoms with Gasteiger partial charge in [-0.25, -0.2) is 0 Å². The summed E-state index contributed by atoms with van der Waals surface area (Å²) in [4.78, 5) is 2.55. The lowest BCUT2D eigenvalue weighted by atomic mass is 10.0. The fourth-order valence-corrected chi connectivity index (χ4v) is 3.10. The third kappa shape index (κ3) is 3.76. The summed E-state index contributed by atoms with van der Waals surface area (Å²) in [6, 6.07) is 0. The molecule has 88 valence electrons. The number of rotatable bonds is 5. The first-order chi connectivity index (χ1) is 7.34. The van der Waals surface area contributed by atoms with Crippen molar-refractivity contribution in [2.75, 3.05) is 33.2 Å². The van der Waals surface area contributed by atoms with Crippen LogP contribution in [0.4, 0.5) is 0 Å². The smallest absolute Gasteiger partial charge is 0.00192 e. The van der Waals surface area contributed by atoms with E-state index in [9.17, 15) is 0 Å². The van der Waals surface area contributed by atoms with Crippen LogP contribution >= 0.6 is 0 Å². The second kappa shape index (κ2) is 5.86. The highest BCUT2D eigenvalue weighted by atomic mass is 15.1. The largest absolute Gasteiger partial charge is 0.316 e. The minimum Gasteiger partial charge on any atom is -0.316 e. The molecule has 1 unspecified atom stereocenters. The van der Waals surface area contributed by atoms with Gasteiger partial charge in [-0.05, 0) is 51.4 Å². The van der Waals surface area contributed by atoms with Crippen LogP contribution in [0.15, 0.2) is 0 Å². The third-order valence-corrected chi connectivity index (χ3v) is 4.13. The quantitative estimate of drug-likeness (QED) is 0.747. The zero-order valence-electron chi connectivity index (χ0n) is 10.2. The van der Waals surface area contributed by atoms with Gasteiger partial charge >= 0.3 is 0 Å². The highest BCUT2D eigenvalue weighted by molar-refractivity contribution is 4.75. The summed E-state index contributed by atoms with van der Waals surface area (Å²) in [7, 11) is 2.30. The Morgan fingerprint density at radius 1 is 1.13 bits per heavy atom. The molecular formula is C13H26N2. The fourth-order valence-electron chi connectivity index (χ4n) is 3.10. The van der Waals surface area contributed by atoms with Crippen molar-refractivity contribution in [1.29, 1.82) is 0 Å². The molecule has 0 aromatic heterocycles. The first-order valence-electron chi connectivity index (χ1n) is 6.74. The van der Waals surface area contributed by atoms with Crippen LogP contribution in [0.2, 0.25) is 0 Å². The Bertz CT molecular complexity index is 169. The van der Waals surface area contributed by atoms with Gasteiger partial charge in [0.05, 0.1) is 0 Å². The predicted molar refractivity (Wildman–Crippen MR) is 65.0 cm³/mol.